The summed E-state index contributed by atoms with van der Waals surface area (Å²) in [5.41, 5.74) is 2.79. The van der Waals surface area contributed by atoms with Crippen molar-refractivity contribution in [1.29, 1.82) is 0 Å². The van der Waals surface area contributed by atoms with E-state index in [0.717, 1.165) is 27.7 Å². The standard InChI is InChI=1S/C17H18N4O2S/c1-12-9-14(21-23-12)6-8-19-16(22)5-4-15-11-24-17(20-15)13-3-2-7-18-10-13/h2-3,7,9-11H,4-6,8H2,1H3,(H,19,22). The SMILES string of the molecule is Cc1cc(CCNC(=O)CCc2csc(-c3cccnc3)n2)no1. The lowest BCUT2D eigenvalue weighted by Crippen LogP contribution is -2.25. The first-order valence-electron chi connectivity index (χ1n) is 7.74. The van der Waals surface area contributed by atoms with Gasteiger partial charge < -0.3 is 9.84 Å². The molecule has 0 aliphatic rings. The Balaban J connectivity index is 1.42. The third kappa shape index (κ3) is 4.48. The maximum atomic E-state index is 11.9. The van der Waals surface area contributed by atoms with Crippen LogP contribution >= 0.6 is 11.3 Å². The second-order valence-corrected chi connectivity index (χ2v) is 6.27. The van der Waals surface area contributed by atoms with E-state index in [0.29, 0.717) is 25.8 Å². The van der Waals surface area contributed by atoms with Crippen molar-refractivity contribution in [1.82, 2.24) is 20.4 Å². The Bertz CT molecular complexity index is 798. The first kappa shape index (κ1) is 16.3. The van der Waals surface area contributed by atoms with Crippen molar-refractivity contribution >= 4 is 17.2 Å². The van der Waals surface area contributed by atoms with Gasteiger partial charge in [-0.05, 0) is 25.5 Å². The Morgan fingerprint density at radius 1 is 1.33 bits per heavy atom. The van der Waals surface area contributed by atoms with Crippen LogP contribution in [0.25, 0.3) is 10.6 Å². The van der Waals surface area contributed by atoms with E-state index < -0.39 is 0 Å². The number of rotatable bonds is 7. The van der Waals surface area contributed by atoms with Crippen LogP contribution in [0.15, 0.2) is 40.5 Å². The van der Waals surface area contributed by atoms with Crippen molar-refractivity contribution in [3.63, 3.8) is 0 Å². The van der Waals surface area contributed by atoms with Gasteiger partial charge in [0.25, 0.3) is 0 Å². The molecule has 0 fully saturated rings. The van der Waals surface area contributed by atoms with Gasteiger partial charge in [-0.15, -0.1) is 11.3 Å². The van der Waals surface area contributed by atoms with Crippen LogP contribution in [0.2, 0.25) is 0 Å². The first-order valence-corrected chi connectivity index (χ1v) is 8.62. The van der Waals surface area contributed by atoms with Crippen LogP contribution in [0, 0.1) is 6.92 Å². The number of aryl methyl sites for hydroxylation is 2. The lowest BCUT2D eigenvalue weighted by atomic mass is 10.2. The monoisotopic (exact) mass is 342 g/mol. The molecule has 1 amide bonds. The number of pyridine rings is 1. The van der Waals surface area contributed by atoms with Crippen LogP contribution in [0.1, 0.15) is 23.6 Å². The number of amides is 1. The van der Waals surface area contributed by atoms with Gasteiger partial charge in [0.05, 0.1) is 11.4 Å². The molecule has 7 heteroatoms. The summed E-state index contributed by atoms with van der Waals surface area (Å²) in [5.74, 6) is 0.801. The molecule has 1 N–H and O–H groups in total. The Labute approximate surface area is 143 Å². The van der Waals surface area contributed by atoms with Crippen molar-refractivity contribution in [2.45, 2.75) is 26.2 Å². The minimum absolute atomic E-state index is 0.0196. The average Bonchev–Trinajstić information content (AvgIpc) is 3.23. The average molecular weight is 342 g/mol. The highest BCUT2D eigenvalue weighted by molar-refractivity contribution is 7.13. The molecule has 0 unspecified atom stereocenters. The number of hydrogen-bond acceptors (Lipinski definition) is 6. The molecule has 0 saturated carbocycles. The zero-order valence-electron chi connectivity index (χ0n) is 13.4. The van der Waals surface area contributed by atoms with E-state index in [-0.39, 0.29) is 5.91 Å². The molecule has 0 radical (unpaired) electrons. The molecule has 0 aromatic carbocycles. The van der Waals surface area contributed by atoms with Crippen molar-refractivity contribution in [3.8, 4) is 10.6 Å². The summed E-state index contributed by atoms with van der Waals surface area (Å²) in [5, 5.41) is 9.72. The number of nitrogens with one attached hydrogen (secondary N) is 1. The van der Waals surface area contributed by atoms with Crippen LogP contribution in [0.4, 0.5) is 0 Å². The minimum Gasteiger partial charge on any atom is -0.361 e. The van der Waals surface area contributed by atoms with Gasteiger partial charge >= 0.3 is 0 Å². The van der Waals surface area contributed by atoms with E-state index in [1.807, 2.05) is 30.5 Å². The van der Waals surface area contributed by atoms with Gasteiger partial charge in [0, 0.05) is 48.8 Å². The Hall–Kier alpha value is -2.54. The highest BCUT2D eigenvalue weighted by atomic mass is 32.1. The normalized spacial score (nSPS) is 10.7. The molecule has 3 rings (SSSR count). The highest BCUT2D eigenvalue weighted by Crippen LogP contribution is 2.23. The van der Waals surface area contributed by atoms with Gasteiger partial charge in [0.2, 0.25) is 5.91 Å². The predicted molar refractivity (Wildman–Crippen MR) is 91.6 cm³/mol. The summed E-state index contributed by atoms with van der Waals surface area (Å²) in [6.45, 7) is 2.41. The zero-order chi connectivity index (χ0) is 16.8. The second kappa shape index (κ2) is 7.83. The second-order valence-electron chi connectivity index (χ2n) is 5.41. The van der Waals surface area contributed by atoms with Crippen molar-refractivity contribution < 1.29 is 9.32 Å². The summed E-state index contributed by atoms with van der Waals surface area (Å²) in [4.78, 5) is 20.6. The smallest absolute Gasteiger partial charge is 0.220 e. The van der Waals surface area contributed by atoms with E-state index in [1.165, 1.54) is 0 Å². The van der Waals surface area contributed by atoms with Crippen LogP contribution in [-0.4, -0.2) is 27.6 Å². The quantitative estimate of drug-likeness (QED) is 0.714. The van der Waals surface area contributed by atoms with E-state index >= 15 is 0 Å². The molecule has 0 bridgehead atoms. The van der Waals surface area contributed by atoms with Crippen LogP contribution in [-0.2, 0) is 17.6 Å². The summed E-state index contributed by atoms with van der Waals surface area (Å²) in [7, 11) is 0. The molecule has 6 nitrogen and oxygen atoms in total. The molecule has 0 aliphatic carbocycles. The molecule has 3 aromatic heterocycles. The molecule has 3 aromatic rings. The number of hydrogen-bond donors (Lipinski definition) is 1. The molecule has 3 heterocycles. The molecule has 0 atom stereocenters. The lowest BCUT2D eigenvalue weighted by molar-refractivity contribution is -0.121. The maximum absolute atomic E-state index is 11.9. The molecule has 0 aliphatic heterocycles. The third-order valence-corrected chi connectivity index (χ3v) is 4.39. The zero-order valence-corrected chi connectivity index (χ0v) is 14.2. The van der Waals surface area contributed by atoms with Gasteiger partial charge in [0.15, 0.2) is 0 Å². The van der Waals surface area contributed by atoms with Crippen LogP contribution in [0.3, 0.4) is 0 Å². The van der Waals surface area contributed by atoms with Gasteiger partial charge in [0.1, 0.15) is 10.8 Å². The number of carbonyl (C=O) groups excluding carboxylic acids is 1. The van der Waals surface area contributed by atoms with Crippen molar-refractivity contribution in [3.05, 3.63) is 53.1 Å². The third-order valence-electron chi connectivity index (χ3n) is 3.45. The molecule has 124 valence electrons. The van der Waals surface area contributed by atoms with Gasteiger partial charge in [-0.2, -0.15) is 0 Å². The number of thiazole rings is 1. The minimum atomic E-state index is 0.0196. The summed E-state index contributed by atoms with van der Waals surface area (Å²) < 4.78 is 4.99. The topological polar surface area (TPSA) is 80.9 Å². The Morgan fingerprint density at radius 2 is 2.25 bits per heavy atom. The lowest BCUT2D eigenvalue weighted by Gasteiger charge is -2.02. The van der Waals surface area contributed by atoms with E-state index in [2.05, 4.69) is 20.4 Å². The summed E-state index contributed by atoms with van der Waals surface area (Å²) in [6, 6.07) is 5.75. The molecule has 0 spiro atoms. The van der Waals surface area contributed by atoms with E-state index in [9.17, 15) is 4.79 Å². The predicted octanol–water partition coefficient (Wildman–Crippen LogP) is 2.79. The largest absolute Gasteiger partial charge is 0.361 e. The molecular formula is C17H18N4O2S. The highest BCUT2D eigenvalue weighted by Gasteiger charge is 2.08. The number of nitrogens with zero attached hydrogens (tertiary/aromatic N) is 3. The summed E-state index contributed by atoms with van der Waals surface area (Å²) in [6.07, 6.45) is 5.26. The molecule has 24 heavy (non-hydrogen) atoms. The Kier molecular flexibility index (Phi) is 5.32. The fraction of sp³-hybridized carbons (Fsp3) is 0.294. The van der Waals surface area contributed by atoms with E-state index in [4.69, 9.17) is 4.52 Å². The fourth-order valence-corrected chi connectivity index (χ4v) is 3.08. The maximum Gasteiger partial charge on any atom is 0.220 e. The molecule has 0 saturated heterocycles. The van der Waals surface area contributed by atoms with Crippen LogP contribution < -0.4 is 5.32 Å². The van der Waals surface area contributed by atoms with E-state index in [1.54, 1.807) is 23.7 Å². The Morgan fingerprint density at radius 3 is 3.00 bits per heavy atom. The number of aromatic nitrogens is 3. The van der Waals surface area contributed by atoms with Gasteiger partial charge in [-0.1, -0.05) is 5.16 Å². The molecular weight excluding hydrogens is 324 g/mol. The van der Waals surface area contributed by atoms with Crippen molar-refractivity contribution in [2.75, 3.05) is 6.54 Å². The van der Waals surface area contributed by atoms with Crippen molar-refractivity contribution in [2.24, 2.45) is 0 Å². The van der Waals surface area contributed by atoms with Gasteiger partial charge in [-0.25, -0.2) is 4.98 Å². The number of carbonyl (C=O) groups is 1. The summed E-state index contributed by atoms with van der Waals surface area (Å²) >= 11 is 1.57. The first-order chi connectivity index (χ1) is 11.7. The fourth-order valence-electron chi connectivity index (χ4n) is 2.24. The van der Waals surface area contributed by atoms with Gasteiger partial charge in [-0.3, -0.25) is 9.78 Å². The van der Waals surface area contributed by atoms with Crippen LogP contribution in [0.5, 0.6) is 0 Å².